The van der Waals surface area contributed by atoms with E-state index in [2.05, 4.69) is 126 Å². The van der Waals surface area contributed by atoms with Crippen molar-refractivity contribution in [2.24, 2.45) is 0 Å². The van der Waals surface area contributed by atoms with Crippen LogP contribution in [0.4, 0.5) is 0 Å². The normalized spacial score (nSPS) is 11.3. The van der Waals surface area contributed by atoms with E-state index in [0.717, 1.165) is 27.9 Å². The third kappa shape index (κ3) is 5.26. The highest BCUT2D eigenvalue weighted by molar-refractivity contribution is 6.09. The molecule has 4 heteroatoms. The summed E-state index contributed by atoms with van der Waals surface area (Å²) in [5, 5.41) is 2.53. The Hall–Kier alpha value is -6.65. The van der Waals surface area contributed by atoms with Gasteiger partial charge in [-0.1, -0.05) is 158 Å². The van der Waals surface area contributed by atoms with Gasteiger partial charge in [-0.25, -0.2) is 15.0 Å². The predicted octanol–water partition coefficient (Wildman–Crippen LogP) is 11.3. The van der Waals surface area contributed by atoms with Crippen LogP contribution in [0.2, 0.25) is 0 Å². The topological polar surface area (TPSA) is 43.6 Å². The lowest BCUT2D eigenvalue weighted by molar-refractivity contribution is 1.07. The van der Waals surface area contributed by atoms with Crippen LogP contribution in [0.15, 0.2) is 182 Å². The summed E-state index contributed by atoms with van der Waals surface area (Å²) in [6.07, 6.45) is 0. The molecule has 2 heterocycles. The van der Waals surface area contributed by atoms with Crippen molar-refractivity contribution in [3.05, 3.63) is 182 Å². The molecule has 0 aliphatic heterocycles. The van der Waals surface area contributed by atoms with Crippen LogP contribution in [0.1, 0.15) is 0 Å². The minimum atomic E-state index is 0.646. The van der Waals surface area contributed by atoms with E-state index in [9.17, 15) is 0 Å². The van der Waals surface area contributed by atoms with Crippen molar-refractivity contribution in [1.29, 1.82) is 0 Å². The Morgan fingerprint density at radius 2 is 0.633 bits per heavy atom. The van der Waals surface area contributed by atoms with Crippen LogP contribution in [0, 0.1) is 0 Å². The van der Waals surface area contributed by atoms with Crippen molar-refractivity contribution in [3.8, 4) is 62.1 Å². The first-order chi connectivity index (χ1) is 24.3. The second-order valence-corrected chi connectivity index (χ2v) is 12.1. The lowest BCUT2D eigenvalue weighted by Crippen LogP contribution is -2.00. The molecule has 9 aromatic rings. The monoisotopic (exact) mass is 626 g/mol. The van der Waals surface area contributed by atoms with E-state index in [-0.39, 0.29) is 0 Å². The van der Waals surface area contributed by atoms with Gasteiger partial charge >= 0.3 is 0 Å². The third-order valence-corrected chi connectivity index (χ3v) is 9.10. The minimum absolute atomic E-state index is 0.646. The largest absolute Gasteiger partial charge is 0.309 e. The number of hydrogen-bond acceptors (Lipinski definition) is 3. The van der Waals surface area contributed by atoms with Gasteiger partial charge in [-0.05, 0) is 46.5 Å². The molecule has 0 unspecified atom stereocenters. The van der Waals surface area contributed by atoms with E-state index in [4.69, 9.17) is 15.0 Å². The van der Waals surface area contributed by atoms with Gasteiger partial charge in [0.25, 0.3) is 0 Å². The maximum absolute atomic E-state index is 4.91. The molecule has 0 amide bonds. The highest BCUT2D eigenvalue weighted by atomic mass is 15.0. The minimum Gasteiger partial charge on any atom is -0.309 e. The van der Waals surface area contributed by atoms with Gasteiger partial charge in [0, 0.05) is 33.2 Å². The molecule has 9 rings (SSSR count). The summed E-state index contributed by atoms with van der Waals surface area (Å²) < 4.78 is 2.35. The summed E-state index contributed by atoms with van der Waals surface area (Å²) in [4.78, 5) is 14.7. The highest BCUT2D eigenvalue weighted by Gasteiger charge is 2.15. The van der Waals surface area contributed by atoms with Gasteiger partial charge in [0.15, 0.2) is 17.5 Å². The standard InChI is InChI=1S/C45H30N4/c1-3-13-33(14-4-1)43-46-44(34-15-5-2-6-16-34)48-45(47-43)35-25-23-31(24-26-35)37-17-7-8-18-38(37)32-27-29-36(30-28-32)49-41-21-11-9-19-39(41)40-20-10-12-22-42(40)49/h1-30H. The number of benzene rings is 7. The molecule has 7 aromatic carbocycles. The van der Waals surface area contributed by atoms with Crippen molar-refractivity contribution in [2.45, 2.75) is 0 Å². The molecule has 49 heavy (non-hydrogen) atoms. The lowest BCUT2D eigenvalue weighted by Gasteiger charge is -2.13. The van der Waals surface area contributed by atoms with Crippen molar-refractivity contribution in [2.75, 3.05) is 0 Å². The second kappa shape index (κ2) is 12.2. The number of hydrogen-bond donors (Lipinski definition) is 0. The molecule has 0 bridgehead atoms. The number of aromatic nitrogens is 4. The predicted molar refractivity (Wildman–Crippen MR) is 201 cm³/mol. The van der Waals surface area contributed by atoms with Crippen LogP contribution >= 0.6 is 0 Å². The fourth-order valence-corrected chi connectivity index (χ4v) is 6.71. The molecule has 0 aliphatic carbocycles. The van der Waals surface area contributed by atoms with Gasteiger partial charge in [0.2, 0.25) is 0 Å². The number of nitrogens with zero attached hydrogens (tertiary/aromatic N) is 4. The molecule has 0 aliphatic rings. The smallest absolute Gasteiger partial charge is 0.164 e. The van der Waals surface area contributed by atoms with Crippen molar-refractivity contribution in [1.82, 2.24) is 19.5 Å². The Bertz CT molecular complexity index is 2460. The van der Waals surface area contributed by atoms with Gasteiger partial charge in [0.1, 0.15) is 0 Å². The van der Waals surface area contributed by atoms with Crippen LogP contribution in [0.25, 0.3) is 83.9 Å². The Balaban J connectivity index is 1.07. The zero-order valence-electron chi connectivity index (χ0n) is 26.6. The van der Waals surface area contributed by atoms with Gasteiger partial charge in [-0.3, -0.25) is 0 Å². The average Bonchev–Trinajstić information content (AvgIpc) is 3.53. The van der Waals surface area contributed by atoms with Gasteiger partial charge in [-0.2, -0.15) is 0 Å². The van der Waals surface area contributed by atoms with E-state index >= 15 is 0 Å². The third-order valence-electron chi connectivity index (χ3n) is 9.10. The summed E-state index contributed by atoms with van der Waals surface area (Å²) in [5.74, 6) is 1.96. The molecular formula is C45H30N4. The molecular weight excluding hydrogens is 597 g/mol. The van der Waals surface area contributed by atoms with Crippen LogP contribution in [-0.4, -0.2) is 19.5 Å². The summed E-state index contributed by atoms with van der Waals surface area (Å²) in [6, 6.07) is 63.4. The number of fused-ring (bicyclic) bond motifs is 3. The quantitative estimate of drug-likeness (QED) is 0.184. The fraction of sp³-hybridized carbons (Fsp3) is 0. The average molecular weight is 627 g/mol. The number of para-hydroxylation sites is 2. The van der Waals surface area contributed by atoms with Crippen LogP contribution in [0.5, 0.6) is 0 Å². The molecule has 0 N–H and O–H groups in total. The van der Waals surface area contributed by atoms with E-state index in [1.165, 1.54) is 38.5 Å². The summed E-state index contributed by atoms with van der Waals surface area (Å²) in [6.45, 7) is 0. The van der Waals surface area contributed by atoms with Gasteiger partial charge in [-0.15, -0.1) is 0 Å². The van der Waals surface area contributed by atoms with Crippen molar-refractivity contribution >= 4 is 21.8 Å². The van der Waals surface area contributed by atoms with E-state index in [1.807, 2.05) is 60.7 Å². The fourth-order valence-electron chi connectivity index (χ4n) is 6.71. The van der Waals surface area contributed by atoms with E-state index in [1.54, 1.807) is 0 Å². The molecule has 0 atom stereocenters. The summed E-state index contributed by atoms with van der Waals surface area (Å²) in [5.41, 5.74) is 11.1. The van der Waals surface area contributed by atoms with Crippen molar-refractivity contribution < 1.29 is 0 Å². The Kier molecular flexibility index (Phi) is 7.10. The first-order valence-electron chi connectivity index (χ1n) is 16.5. The molecule has 0 saturated heterocycles. The molecule has 2 aromatic heterocycles. The summed E-state index contributed by atoms with van der Waals surface area (Å²) >= 11 is 0. The molecule has 0 fully saturated rings. The Morgan fingerprint density at radius 3 is 1.10 bits per heavy atom. The van der Waals surface area contributed by atoms with Gasteiger partial charge < -0.3 is 4.57 Å². The molecule has 0 saturated carbocycles. The lowest BCUT2D eigenvalue weighted by atomic mass is 9.94. The second-order valence-electron chi connectivity index (χ2n) is 12.1. The molecule has 230 valence electrons. The Morgan fingerprint density at radius 1 is 0.286 bits per heavy atom. The SMILES string of the molecule is c1ccc(-c2nc(-c3ccccc3)nc(-c3ccc(-c4ccccc4-c4ccc(-n5c6ccccc6c6ccccc65)cc4)cc3)n2)cc1. The maximum atomic E-state index is 4.91. The van der Waals surface area contributed by atoms with E-state index < -0.39 is 0 Å². The first-order valence-corrected chi connectivity index (χ1v) is 16.5. The maximum Gasteiger partial charge on any atom is 0.164 e. The highest BCUT2D eigenvalue weighted by Crippen LogP contribution is 2.36. The zero-order chi connectivity index (χ0) is 32.6. The number of rotatable bonds is 6. The van der Waals surface area contributed by atoms with Crippen LogP contribution < -0.4 is 0 Å². The van der Waals surface area contributed by atoms with Crippen LogP contribution in [-0.2, 0) is 0 Å². The van der Waals surface area contributed by atoms with Crippen molar-refractivity contribution in [3.63, 3.8) is 0 Å². The van der Waals surface area contributed by atoms with Crippen LogP contribution in [0.3, 0.4) is 0 Å². The zero-order valence-corrected chi connectivity index (χ0v) is 26.6. The van der Waals surface area contributed by atoms with E-state index in [0.29, 0.717) is 17.5 Å². The Labute approximate surface area is 284 Å². The summed E-state index contributed by atoms with van der Waals surface area (Å²) in [7, 11) is 0. The molecule has 4 nitrogen and oxygen atoms in total. The first kappa shape index (κ1) is 28.6. The molecule has 0 spiro atoms. The van der Waals surface area contributed by atoms with Gasteiger partial charge in [0.05, 0.1) is 11.0 Å². The molecule has 0 radical (unpaired) electrons.